The Labute approximate surface area is 144 Å². The van der Waals surface area contributed by atoms with Gasteiger partial charge >= 0.3 is 0 Å². The monoisotopic (exact) mass is 322 g/mol. The highest BCUT2D eigenvalue weighted by atomic mass is 16.2. The van der Waals surface area contributed by atoms with Crippen LogP contribution >= 0.6 is 0 Å². The first-order valence-corrected chi connectivity index (χ1v) is 8.91. The third-order valence-corrected chi connectivity index (χ3v) is 4.84. The number of hydrogen-bond acceptors (Lipinski definition) is 2. The molecule has 0 heterocycles. The minimum absolute atomic E-state index is 0.0160. The number of amides is 1. The van der Waals surface area contributed by atoms with E-state index in [0.717, 1.165) is 24.9 Å². The Kier molecular flexibility index (Phi) is 5.31. The zero-order valence-corrected chi connectivity index (χ0v) is 14.5. The Hall–Kier alpha value is -2.13. The number of anilines is 1. The van der Waals surface area contributed by atoms with E-state index in [-0.39, 0.29) is 18.0 Å². The zero-order valence-electron chi connectivity index (χ0n) is 14.5. The summed E-state index contributed by atoms with van der Waals surface area (Å²) in [6.45, 7) is 4.06. The summed E-state index contributed by atoms with van der Waals surface area (Å²) in [7, 11) is 0. The molecule has 0 aliphatic heterocycles. The van der Waals surface area contributed by atoms with Crippen molar-refractivity contribution in [2.45, 2.75) is 51.6 Å². The smallest absolute Gasteiger partial charge is 0.241 e. The first-order valence-electron chi connectivity index (χ1n) is 8.91. The fourth-order valence-electron chi connectivity index (χ4n) is 3.38. The second-order valence-electron chi connectivity index (χ2n) is 6.57. The molecule has 0 aromatic heterocycles. The van der Waals surface area contributed by atoms with E-state index in [1.807, 2.05) is 19.1 Å². The van der Waals surface area contributed by atoms with Crippen LogP contribution in [-0.4, -0.2) is 11.9 Å². The molecule has 0 fully saturated rings. The number of benzene rings is 2. The highest BCUT2D eigenvalue weighted by Gasteiger charge is 2.23. The Morgan fingerprint density at radius 1 is 1.17 bits per heavy atom. The largest absolute Gasteiger partial charge is 0.325 e. The average Bonchev–Trinajstić information content (AvgIpc) is 2.62. The first-order chi connectivity index (χ1) is 11.7. The van der Waals surface area contributed by atoms with Gasteiger partial charge in [-0.05, 0) is 61.4 Å². The van der Waals surface area contributed by atoms with Crippen molar-refractivity contribution in [2.75, 3.05) is 5.32 Å². The standard InChI is InChI=1S/C21H26N2O/c1-3-16-11-13-18(14-12-16)23-21(24)15(2)22-20-10-6-8-17-7-4-5-9-19(17)20/h4-5,7,9,11-15,20,22H,3,6,8,10H2,1-2H3,(H,23,24)/t15-,20-/m0/s1. The van der Waals surface area contributed by atoms with Crippen LogP contribution in [0.25, 0.3) is 0 Å². The van der Waals surface area contributed by atoms with Crippen LogP contribution in [0.3, 0.4) is 0 Å². The predicted molar refractivity (Wildman–Crippen MR) is 99.2 cm³/mol. The van der Waals surface area contributed by atoms with Crippen LogP contribution in [0.15, 0.2) is 48.5 Å². The summed E-state index contributed by atoms with van der Waals surface area (Å²) in [5.41, 5.74) is 4.88. The lowest BCUT2D eigenvalue weighted by atomic mass is 9.87. The van der Waals surface area contributed by atoms with Gasteiger partial charge in [0, 0.05) is 11.7 Å². The molecular weight excluding hydrogens is 296 g/mol. The molecule has 2 atom stereocenters. The van der Waals surface area contributed by atoms with E-state index in [1.54, 1.807) is 0 Å². The molecule has 3 rings (SSSR count). The SMILES string of the molecule is CCc1ccc(NC(=O)[C@H](C)N[C@H]2CCCc3ccccc32)cc1. The molecule has 126 valence electrons. The molecule has 3 heteroatoms. The number of carbonyl (C=O) groups excluding carboxylic acids is 1. The van der Waals surface area contributed by atoms with Crippen molar-refractivity contribution < 1.29 is 4.79 Å². The Morgan fingerprint density at radius 3 is 2.67 bits per heavy atom. The molecule has 0 saturated carbocycles. The van der Waals surface area contributed by atoms with Crippen LogP contribution in [-0.2, 0) is 17.6 Å². The van der Waals surface area contributed by atoms with Crippen LogP contribution in [0.5, 0.6) is 0 Å². The lowest BCUT2D eigenvalue weighted by Gasteiger charge is -2.29. The van der Waals surface area contributed by atoms with Crippen molar-refractivity contribution in [3.05, 3.63) is 65.2 Å². The Morgan fingerprint density at radius 2 is 1.92 bits per heavy atom. The lowest BCUT2D eigenvalue weighted by molar-refractivity contribution is -0.118. The third kappa shape index (κ3) is 3.85. The summed E-state index contributed by atoms with van der Waals surface area (Å²) in [5.74, 6) is 0.0160. The van der Waals surface area contributed by atoms with E-state index >= 15 is 0 Å². The first kappa shape index (κ1) is 16.7. The number of nitrogens with one attached hydrogen (secondary N) is 2. The summed E-state index contributed by atoms with van der Waals surface area (Å²) >= 11 is 0. The van der Waals surface area contributed by atoms with Gasteiger partial charge in [-0.3, -0.25) is 10.1 Å². The number of carbonyl (C=O) groups is 1. The van der Waals surface area contributed by atoms with Crippen LogP contribution in [0.4, 0.5) is 5.69 Å². The molecular formula is C21H26N2O. The molecule has 0 radical (unpaired) electrons. The topological polar surface area (TPSA) is 41.1 Å². The molecule has 0 bridgehead atoms. The Bertz CT molecular complexity index is 693. The maximum absolute atomic E-state index is 12.5. The van der Waals surface area contributed by atoms with E-state index in [2.05, 4.69) is 54.0 Å². The summed E-state index contributed by atoms with van der Waals surface area (Å²) in [4.78, 5) is 12.5. The maximum Gasteiger partial charge on any atom is 0.241 e. The normalized spacial score (nSPS) is 17.8. The maximum atomic E-state index is 12.5. The van der Waals surface area contributed by atoms with Crippen molar-refractivity contribution in [3.63, 3.8) is 0 Å². The van der Waals surface area contributed by atoms with Crippen LogP contribution < -0.4 is 10.6 Å². The van der Waals surface area contributed by atoms with E-state index in [9.17, 15) is 4.79 Å². The molecule has 3 nitrogen and oxygen atoms in total. The fourth-order valence-corrected chi connectivity index (χ4v) is 3.38. The highest BCUT2D eigenvalue weighted by molar-refractivity contribution is 5.94. The molecule has 24 heavy (non-hydrogen) atoms. The van der Waals surface area contributed by atoms with Crippen LogP contribution in [0.1, 0.15) is 49.4 Å². The van der Waals surface area contributed by atoms with Crippen molar-refractivity contribution in [1.82, 2.24) is 5.32 Å². The second kappa shape index (κ2) is 7.63. The van der Waals surface area contributed by atoms with Gasteiger partial charge in [0.15, 0.2) is 0 Å². The van der Waals surface area contributed by atoms with Crippen molar-refractivity contribution in [1.29, 1.82) is 0 Å². The third-order valence-electron chi connectivity index (χ3n) is 4.84. The summed E-state index contributed by atoms with van der Waals surface area (Å²) in [5, 5.41) is 6.51. The van der Waals surface area contributed by atoms with Crippen LogP contribution in [0, 0.1) is 0 Å². The molecule has 0 saturated heterocycles. The number of hydrogen-bond donors (Lipinski definition) is 2. The van der Waals surface area contributed by atoms with Gasteiger partial charge in [-0.15, -0.1) is 0 Å². The van der Waals surface area contributed by atoms with Crippen molar-refractivity contribution in [3.8, 4) is 0 Å². The van der Waals surface area contributed by atoms with Gasteiger partial charge < -0.3 is 5.32 Å². The quantitative estimate of drug-likeness (QED) is 0.864. The number of fused-ring (bicyclic) bond motifs is 1. The molecule has 2 aromatic carbocycles. The van der Waals surface area contributed by atoms with Gasteiger partial charge in [0.05, 0.1) is 6.04 Å². The molecule has 1 amide bonds. The fraction of sp³-hybridized carbons (Fsp3) is 0.381. The van der Waals surface area contributed by atoms with Crippen LogP contribution in [0.2, 0.25) is 0 Å². The Balaban J connectivity index is 1.62. The molecule has 0 unspecified atom stereocenters. The van der Waals surface area contributed by atoms with E-state index in [4.69, 9.17) is 0 Å². The van der Waals surface area contributed by atoms with E-state index in [0.29, 0.717) is 0 Å². The molecule has 0 spiro atoms. The number of rotatable bonds is 5. The van der Waals surface area contributed by atoms with E-state index in [1.165, 1.54) is 23.1 Å². The molecule has 2 aromatic rings. The lowest BCUT2D eigenvalue weighted by Crippen LogP contribution is -2.41. The summed E-state index contributed by atoms with van der Waals surface area (Å²) in [6.07, 6.45) is 4.40. The summed E-state index contributed by atoms with van der Waals surface area (Å²) in [6, 6.07) is 16.7. The molecule has 1 aliphatic carbocycles. The van der Waals surface area contributed by atoms with Gasteiger partial charge in [-0.1, -0.05) is 43.3 Å². The number of aryl methyl sites for hydroxylation is 2. The van der Waals surface area contributed by atoms with E-state index < -0.39 is 0 Å². The van der Waals surface area contributed by atoms with Gasteiger partial charge in [-0.2, -0.15) is 0 Å². The minimum Gasteiger partial charge on any atom is -0.325 e. The minimum atomic E-state index is -0.230. The van der Waals surface area contributed by atoms with Gasteiger partial charge in [0.2, 0.25) is 5.91 Å². The second-order valence-corrected chi connectivity index (χ2v) is 6.57. The van der Waals surface area contributed by atoms with Crippen molar-refractivity contribution >= 4 is 11.6 Å². The van der Waals surface area contributed by atoms with Gasteiger partial charge in [0.1, 0.15) is 0 Å². The average molecular weight is 322 g/mol. The highest BCUT2D eigenvalue weighted by Crippen LogP contribution is 2.29. The molecule has 2 N–H and O–H groups in total. The van der Waals surface area contributed by atoms with Crippen molar-refractivity contribution in [2.24, 2.45) is 0 Å². The van der Waals surface area contributed by atoms with Gasteiger partial charge in [0.25, 0.3) is 0 Å². The molecule has 1 aliphatic rings. The zero-order chi connectivity index (χ0) is 16.9. The predicted octanol–water partition coefficient (Wildman–Crippen LogP) is 4.24. The van der Waals surface area contributed by atoms with Gasteiger partial charge in [-0.25, -0.2) is 0 Å². The summed E-state index contributed by atoms with van der Waals surface area (Å²) < 4.78 is 0.